The minimum Gasteiger partial charge on any atom is -0.490 e. The molecule has 0 bridgehead atoms. The summed E-state index contributed by atoms with van der Waals surface area (Å²) in [5.74, 6) is 0.599. The van der Waals surface area contributed by atoms with Crippen molar-refractivity contribution in [3.63, 3.8) is 0 Å². The molecule has 5 rings (SSSR count). The first-order valence-corrected chi connectivity index (χ1v) is 13.3. The van der Waals surface area contributed by atoms with E-state index in [0.29, 0.717) is 23.9 Å². The Kier molecular flexibility index (Phi) is 7.52. The monoisotopic (exact) mass is 513 g/mol. The topological polar surface area (TPSA) is 73.9 Å². The normalized spacial score (nSPS) is 17.7. The number of fused-ring (bicyclic) bond motifs is 1. The summed E-state index contributed by atoms with van der Waals surface area (Å²) in [6, 6.07) is 20.9. The molecule has 1 atom stereocenters. The van der Waals surface area contributed by atoms with Gasteiger partial charge in [-0.05, 0) is 67.0 Å². The molecule has 1 saturated carbocycles. The van der Waals surface area contributed by atoms with Gasteiger partial charge in [-0.3, -0.25) is 4.79 Å². The highest BCUT2D eigenvalue weighted by Gasteiger charge is 2.35. The molecule has 1 aliphatic heterocycles. The molecule has 3 aromatic rings. The summed E-state index contributed by atoms with van der Waals surface area (Å²) >= 11 is 0. The van der Waals surface area contributed by atoms with E-state index in [4.69, 9.17) is 14.2 Å². The van der Waals surface area contributed by atoms with Gasteiger partial charge in [-0.2, -0.15) is 0 Å². The van der Waals surface area contributed by atoms with E-state index in [1.807, 2.05) is 42.5 Å². The van der Waals surface area contributed by atoms with Crippen LogP contribution < -0.4 is 14.8 Å². The number of hydrogen-bond acceptors (Lipinski definition) is 6. The van der Waals surface area contributed by atoms with Crippen molar-refractivity contribution in [1.82, 2.24) is 5.32 Å². The van der Waals surface area contributed by atoms with Gasteiger partial charge in [0.1, 0.15) is 18.1 Å². The highest BCUT2D eigenvalue weighted by molar-refractivity contribution is 5.92. The number of hydrogen-bond donors (Lipinski definition) is 1. The molecular weight excluding hydrogens is 478 g/mol. The Morgan fingerprint density at radius 3 is 2.45 bits per heavy atom. The van der Waals surface area contributed by atoms with Crippen molar-refractivity contribution < 1.29 is 23.8 Å². The van der Waals surface area contributed by atoms with E-state index in [9.17, 15) is 9.59 Å². The summed E-state index contributed by atoms with van der Waals surface area (Å²) in [5.41, 5.74) is 4.16. The number of benzene rings is 3. The van der Waals surface area contributed by atoms with E-state index >= 15 is 0 Å². The third-order valence-corrected chi connectivity index (χ3v) is 7.13. The predicted molar refractivity (Wildman–Crippen MR) is 145 cm³/mol. The van der Waals surface area contributed by atoms with E-state index < -0.39 is 5.97 Å². The Balaban J connectivity index is 1.25. The van der Waals surface area contributed by atoms with Gasteiger partial charge in [0.25, 0.3) is 0 Å². The average molecular weight is 514 g/mol. The van der Waals surface area contributed by atoms with Gasteiger partial charge in [-0.15, -0.1) is 0 Å². The van der Waals surface area contributed by atoms with Crippen LogP contribution in [0.1, 0.15) is 72.6 Å². The molecule has 1 fully saturated rings. The number of ether oxygens (including phenoxy) is 3. The summed E-state index contributed by atoms with van der Waals surface area (Å²) in [4.78, 5) is 25.4. The predicted octanol–water partition coefficient (Wildman–Crippen LogP) is 5.89. The van der Waals surface area contributed by atoms with Crippen LogP contribution in [0, 0.1) is 0 Å². The van der Waals surface area contributed by atoms with Gasteiger partial charge >= 0.3 is 11.9 Å². The molecule has 38 heavy (non-hydrogen) atoms. The van der Waals surface area contributed by atoms with Gasteiger partial charge < -0.3 is 19.5 Å². The van der Waals surface area contributed by atoms with Crippen LogP contribution >= 0.6 is 0 Å². The standard InChI is InChI=1S/C32H35NO5/c1-21-18-32(2,3)28-17-24(16-25(30(28)37-21)19-33-26-11-12-26)31(35)38-27-13-9-22(10-14-27)15-29(34)36-20-23-7-5-4-6-8-23/h4-10,13-14,16-17,21,26,33H,11-12,15,18-20H2,1-3H3. The Hall–Kier alpha value is -3.64. The molecule has 0 aromatic heterocycles. The summed E-state index contributed by atoms with van der Waals surface area (Å²) in [7, 11) is 0. The second-order valence-corrected chi connectivity index (χ2v) is 11.0. The van der Waals surface area contributed by atoms with Gasteiger partial charge in [-0.25, -0.2) is 4.79 Å². The van der Waals surface area contributed by atoms with Gasteiger partial charge in [0.2, 0.25) is 0 Å². The van der Waals surface area contributed by atoms with Crippen LogP contribution in [0.15, 0.2) is 66.7 Å². The van der Waals surface area contributed by atoms with Gasteiger partial charge in [0.05, 0.1) is 18.1 Å². The minimum absolute atomic E-state index is 0.115. The highest BCUT2D eigenvalue weighted by atomic mass is 16.5. The molecule has 1 aliphatic carbocycles. The maximum atomic E-state index is 13.2. The number of nitrogens with one attached hydrogen (secondary N) is 1. The van der Waals surface area contributed by atoms with Crippen LogP contribution in [0.5, 0.6) is 11.5 Å². The Morgan fingerprint density at radius 2 is 1.74 bits per heavy atom. The van der Waals surface area contributed by atoms with Crippen LogP contribution in [0.3, 0.4) is 0 Å². The Bertz CT molecular complexity index is 1300. The van der Waals surface area contributed by atoms with Gasteiger partial charge in [0.15, 0.2) is 0 Å². The first kappa shape index (κ1) is 26.0. The van der Waals surface area contributed by atoms with E-state index in [0.717, 1.165) is 34.4 Å². The lowest BCUT2D eigenvalue weighted by molar-refractivity contribution is -0.144. The molecule has 0 spiro atoms. The van der Waals surface area contributed by atoms with Crippen molar-refractivity contribution in [3.8, 4) is 11.5 Å². The zero-order chi connectivity index (χ0) is 26.7. The quantitative estimate of drug-likeness (QED) is 0.284. The fourth-order valence-corrected chi connectivity index (χ4v) is 4.99. The number of rotatable bonds is 9. The van der Waals surface area contributed by atoms with Crippen LogP contribution in [0.25, 0.3) is 0 Å². The summed E-state index contributed by atoms with van der Waals surface area (Å²) < 4.78 is 17.3. The largest absolute Gasteiger partial charge is 0.490 e. The first-order valence-electron chi connectivity index (χ1n) is 13.3. The summed E-state index contributed by atoms with van der Waals surface area (Å²) in [6.45, 7) is 7.39. The van der Waals surface area contributed by atoms with Crippen LogP contribution in [0.2, 0.25) is 0 Å². The number of carbonyl (C=O) groups excluding carboxylic acids is 2. The second kappa shape index (κ2) is 11.0. The summed E-state index contributed by atoms with van der Waals surface area (Å²) in [5, 5.41) is 3.55. The minimum atomic E-state index is -0.412. The van der Waals surface area contributed by atoms with Gasteiger partial charge in [-0.1, -0.05) is 56.3 Å². The molecule has 1 unspecified atom stereocenters. The molecule has 2 aliphatic rings. The molecule has 0 radical (unpaired) electrons. The second-order valence-electron chi connectivity index (χ2n) is 11.0. The lowest BCUT2D eigenvalue weighted by atomic mass is 9.76. The fourth-order valence-electron chi connectivity index (χ4n) is 4.99. The number of carbonyl (C=O) groups is 2. The van der Waals surface area contributed by atoms with Crippen molar-refractivity contribution in [2.24, 2.45) is 0 Å². The molecule has 6 nitrogen and oxygen atoms in total. The van der Waals surface area contributed by atoms with Crippen molar-refractivity contribution >= 4 is 11.9 Å². The third-order valence-electron chi connectivity index (χ3n) is 7.13. The molecule has 0 saturated heterocycles. The van der Waals surface area contributed by atoms with E-state index in [2.05, 4.69) is 26.1 Å². The van der Waals surface area contributed by atoms with Crippen LogP contribution in [-0.4, -0.2) is 24.1 Å². The zero-order valence-corrected chi connectivity index (χ0v) is 22.3. The maximum absolute atomic E-state index is 13.2. The molecule has 0 amide bonds. The Morgan fingerprint density at radius 1 is 1.00 bits per heavy atom. The van der Waals surface area contributed by atoms with Gasteiger partial charge in [0, 0.05) is 23.7 Å². The fraction of sp³-hybridized carbons (Fsp3) is 0.375. The molecule has 3 aromatic carbocycles. The smallest absolute Gasteiger partial charge is 0.343 e. The molecule has 1 N–H and O–H groups in total. The van der Waals surface area contributed by atoms with Crippen molar-refractivity contribution in [2.75, 3.05) is 0 Å². The van der Waals surface area contributed by atoms with Crippen LogP contribution in [-0.2, 0) is 34.5 Å². The highest BCUT2D eigenvalue weighted by Crippen LogP contribution is 2.43. The molecule has 6 heteroatoms. The van der Waals surface area contributed by atoms with Crippen molar-refractivity contribution in [3.05, 3.63) is 94.5 Å². The maximum Gasteiger partial charge on any atom is 0.343 e. The van der Waals surface area contributed by atoms with E-state index in [1.54, 1.807) is 24.3 Å². The van der Waals surface area contributed by atoms with Crippen LogP contribution in [0.4, 0.5) is 0 Å². The molecule has 198 valence electrons. The lowest BCUT2D eigenvalue weighted by Crippen LogP contribution is -2.34. The molecular formula is C32H35NO5. The summed E-state index contributed by atoms with van der Waals surface area (Å²) in [6.07, 6.45) is 3.52. The SMILES string of the molecule is CC1CC(C)(C)c2cc(C(=O)Oc3ccc(CC(=O)OCc4ccccc4)cc3)cc(CNC3CC3)c2O1. The lowest BCUT2D eigenvalue weighted by Gasteiger charge is -2.37. The Labute approximate surface area is 224 Å². The average Bonchev–Trinajstić information content (AvgIpc) is 3.72. The first-order chi connectivity index (χ1) is 18.3. The van der Waals surface area contributed by atoms with Crippen molar-refractivity contribution in [2.45, 2.75) is 77.2 Å². The van der Waals surface area contributed by atoms with E-state index in [-0.39, 0.29) is 30.5 Å². The zero-order valence-electron chi connectivity index (χ0n) is 22.3. The molecule has 1 heterocycles. The number of esters is 2. The van der Waals surface area contributed by atoms with Crippen molar-refractivity contribution in [1.29, 1.82) is 0 Å². The van der Waals surface area contributed by atoms with E-state index in [1.165, 1.54) is 12.8 Å². The third kappa shape index (κ3) is 6.43.